The SMILES string of the molecule is Cc1ccc(S(=O)(=O)NC(CCCC(F)(F)F)C(N)=O)cc1. The van der Waals surface area contributed by atoms with Crippen LogP contribution in [0.3, 0.4) is 0 Å². The Kier molecular flexibility index (Phi) is 5.95. The van der Waals surface area contributed by atoms with Crippen LogP contribution in [0.5, 0.6) is 0 Å². The van der Waals surface area contributed by atoms with Gasteiger partial charge < -0.3 is 5.73 Å². The van der Waals surface area contributed by atoms with Gasteiger partial charge in [-0.1, -0.05) is 17.7 Å². The van der Waals surface area contributed by atoms with Crippen LogP contribution in [-0.2, 0) is 14.8 Å². The molecular formula is C13H17F3N2O3S. The van der Waals surface area contributed by atoms with E-state index in [-0.39, 0.29) is 11.3 Å². The molecule has 0 bridgehead atoms. The van der Waals surface area contributed by atoms with Crippen LogP contribution in [0.4, 0.5) is 13.2 Å². The van der Waals surface area contributed by atoms with Crippen LogP contribution in [0.1, 0.15) is 24.8 Å². The van der Waals surface area contributed by atoms with Gasteiger partial charge in [-0.15, -0.1) is 0 Å². The second kappa shape index (κ2) is 7.10. The van der Waals surface area contributed by atoms with E-state index in [0.717, 1.165) is 5.56 Å². The Morgan fingerprint density at radius 3 is 2.27 bits per heavy atom. The molecule has 1 unspecified atom stereocenters. The number of sulfonamides is 1. The van der Waals surface area contributed by atoms with Crippen molar-refractivity contribution in [1.29, 1.82) is 0 Å². The van der Waals surface area contributed by atoms with Crippen molar-refractivity contribution in [2.75, 3.05) is 0 Å². The van der Waals surface area contributed by atoms with Gasteiger partial charge in [-0.25, -0.2) is 8.42 Å². The van der Waals surface area contributed by atoms with Crippen molar-refractivity contribution in [3.8, 4) is 0 Å². The zero-order chi connectivity index (χ0) is 17.0. The molecule has 0 aromatic heterocycles. The Bertz CT molecular complexity index is 612. The maximum absolute atomic E-state index is 12.1. The molecule has 124 valence electrons. The van der Waals surface area contributed by atoms with E-state index < -0.39 is 41.0 Å². The van der Waals surface area contributed by atoms with Crippen LogP contribution >= 0.6 is 0 Å². The summed E-state index contributed by atoms with van der Waals surface area (Å²) in [7, 11) is -4.02. The topological polar surface area (TPSA) is 89.3 Å². The van der Waals surface area contributed by atoms with Gasteiger partial charge in [-0.2, -0.15) is 17.9 Å². The highest BCUT2D eigenvalue weighted by Crippen LogP contribution is 2.23. The number of carbonyl (C=O) groups excluding carboxylic acids is 1. The summed E-state index contributed by atoms with van der Waals surface area (Å²) in [4.78, 5) is 11.1. The van der Waals surface area contributed by atoms with Gasteiger partial charge in [0, 0.05) is 6.42 Å². The monoisotopic (exact) mass is 338 g/mol. The first-order valence-electron chi connectivity index (χ1n) is 6.46. The molecule has 0 radical (unpaired) electrons. The number of primary amides is 1. The molecule has 0 aliphatic heterocycles. The van der Waals surface area contributed by atoms with Gasteiger partial charge in [0.1, 0.15) is 6.04 Å². The summed E-state index contributed by atoms with van der Waals surface area (Å²) in [5, 5.41) is 0. The maximum Gasteiger partial charge on any atom is 0.389 e. The van der Waals surface area contributed by atoms with Crippen molar-refractivity contribution in [1.82, 2.24) is 4.72 Å². The molecule has 0 aliphatic rings. The van der Waals surface area contributed by atoms with E-state index in [4.69, 9.17) is 5.73 Å². The highest BCUT2D eigenvalue weighted by atomic mass is 32.2. The Labute approximate surface area is 126 Å². The van der Waals surface area contributed by atoms with Crippen LogP contribution in [0, 0.1) is 6.92 Å². The minimum atomic E-state index is -4.36. The molecule has 1 atom stereocenters. The number of nitrogens with two attached hydrogens (primary N) is 1. The first-order chi connectivity index (χ1) is 10.0. The highest BCUT2D eigenvalue weighted by Gasteiger charge is 2.29. The third-order valence-electron chi connectivity index (χ3n) is 2.93. The summed E-state index contributed by atoms with van der Waals surface area (Å²) in [5.41, 5.74) is 5.89. The number of alkyl halides is 3. The molecule has 0 saturated carbocycles. The number of carbonyl (C=O) groups is 1. The molecule has 0 fully saturated rings. The zero-order valence-electron chi connectivity index (χ0n) is 11.9. The molecule has 3 N–H and O–H groups in total. The number of aryl methyl sites for hydroxylation is 1. The van der Waals surface area contributed by atoms with Gasteiger partial charge in [0.25, 0.3) is 0 Å². The lowest BCUT2D eigenvalue weighted by Gasteiger charge is -2.16. The highest BCUT2D eigenvalue weighted by molar-refractivity contribution is 7.89. The third kappa shape index (κ3) is 6.02. The quantitative estimate of drug-likeness (QED) is 0.795. The van der Waals surface area contributed by atoms with Gasteiger partial charge in [0.05, 0.1) is 4.90 Å². The Balaban J connectivity index is 2.77. The second-order valence-electron chi connectivity index (χ2n) is 4.90. The fraction of sp³-hybridized carbons (Fsp3) is 0.462. The van der Waals surface area contributed by atoms with E-state index in [0.29, 0.717) is 0 Å². The Hall–Kier alpha value is -1.61. The number of benzene rings is 1. The first-order valence-corrected chi connectivity index (χ1v) is 7.95. The Morgan fingerprint density at radius 2 is 1.82 bits per heavy atom. The maximum atomic E-state index is 12.1. The van der Waals surface area contributed by atoms with Crippen LogP contribution < -0.4 is 10.5 Å². The molecule has 1 aromatic carbocycles. The summed E-state index contributed by atoms with van der Waals surface area (Å²) >= 11 is 0. The molecular weight excluding hydrogens is 321 g/mol. The van der Waals surface area contributed by atoms with Crippen LogP contribution in [0.15, 0.2) is 29.2 Å². The summed E-state index contributed by atoms with van der Waals surface area (Å²) in [6.45, 7) is 1.77. The lowest BCUT2D eigenvalue weighted by Crippen LogP contribution is -2.44. The lowest BCUT2D eigenvalue weighted by atomic mass is 10.1. The van der Waals surface area contributed by atoms with Gasteiger partial charge in [-0.3, -0.25) is 4.79 Å². The molecule has 22 heavy (non-hydrogen) atoms. The molecule has 9 heteroatoms. The van der Waals surface area contributed by atoms with Gasteiger partial charge in [0.2, 0.25) is 15.9 Å². The van der Waals surface area contributed by atoms with Gasteiger partial charge in [-0.05, 0) is 31.9 Å². The van der Waals surface area contributed by atoms with Gasteiger partial charge >= 0.3 is 6.18 Å². The minimum absolute atomic E-state index is 0.0832. The van der Waals surface area contributed by atoms with Crippen molar-refractivity contribution in [3.63, 3.8) is 0 Å². The zero-order valence-corrected chi connectivity index (χ0v) is 12.7. The fourth-order valence-corrected chi connectivity index (χ4v) is 2.98. The van der Waals surface area contributed by atoms with E-state index in [2.05, 4.69) is 0 Å². The average Bonchev–Trinajstić information content (AvgIpc) is 2.36. The predicted octanol–water partition coefficient (Wildman–Crippen LogP) is 1.86. The molecule has 5 nitrogen and oxygen atoms in total. The lowest BCUT2D eigenvalue weighted by molar-refractivity contribution is -0.136. The molecule has 1 amide bonds. The van der Waals surface area contributed by atoms with Crippen LogP contribution in [0.25, 0.3) is 0 Å². The number of hydrogen-bond donors (Lipinski definition) is 2. The van der Waals surface area contributed by atoms with Crippen molar-refractivity contribution >= 4 is 15.9 Å². The summed E-state index contributed by atoms with van der Waals surface area (Å²) in [5.74, 6) is -1.02. The van der Waals surface area contributed by atoms with Crippen LogP contribution in [-0.4, -0.2) is 26.5 Å². The predicted molar refractivity (Wildman–Crippen MR) is 74.4 cm³/mol. The molecule has 1 rings (SSSR count). The molecule has 0 spiro atoms. The molecule has 0 saturated heterocycles. The fourth-order valence-electron chi connectivity index (χ4n) is 1.74. The number of amides is 1. The van der Waals surface area contributed by atoms with Crippen molar-refractivity contribution in [2.45, 2.75) is 43.3 Å². The van der Waals surface area contributed by atoms with Crippen molar-refractivity contribution in [3.05, 3.63) is 29.8 Å². The first kappa shape index (κ1) is 18.4. The Morgan fingerprint density at radius 1 is 1.27 bits per heavy atom. The molecule has 0 aliphatic carbocycles. The van der Waals surface area contributed by atoms with Gasteiger partial charge in [0.15, 0.2) is 0 Å². The van der Waals surface area contributed by atoms with Crippen LogP contribution in [0.2, 0.25) is 0 Å². The number of hydrogen-bond acceptors (Lipinski definition) is 3. The average molecular weight is 338 g/mol. The summed E-state index contributed by atoms with van der Waals surface area (Å²) in [6.07, 6.45) is -6.19. The number of rotatable bonds is 7. The smallest absolute Gasteiger partial charge is 0.368 e. The molecule has 1 aromatic rings. The second-order valence-corrected chi connectivity index (χ2v) is 6.61. The number of nitrogens with one attached hydrogen (secondary N) is 1. The minimum Gasteiger partial charge on any atom is -0.368 e. The number of halogens is 3. The van der Waals surface area contributed by atoms with E-state index >= 15 is 0 Å². The standard InChI is InChI=1S/C13H17F3N2O3S/c1-9-4-6-10(7-5-9)22(20,21)18-11(12(17)19)3-2-8-13(14,15)16/h4-7,11,18H,2-3,8H2,1H3,(H2,17,19). The summed E-state index contributed by atoms with van der Waals surface area (Å²) < 4.78 is 62.5. The van der Waals surface area contributed by atoms with Crippen molar-refractivity contribution in [2.24, 2.45) is 5.73 Å². The largest absolute Gasteiger partial charge is 0.389 e. The van der Waals surface area contributed by atoms with E-state index in [1.807, 2.05) is 4.72 Å². The normalized spacial score (nSPS) is 13.8. The summed E-state index contributed by atoms with van der Waals surface area (Å²) in [6, 6.07) is 4.43. The van der Waals surface area contributed by atoms with E-state index in [1.165, 1.54) is 12.1 Å². The van der Waals surface area contributed by atoms with E-state index in [1.54, 1.807) is 19.1 Å². The third-order valence-corrected chi connectivity index (χ3v) is 4.41. The molecule has 0 heterocycles. The van der Waals surface area contributed by atoms with E-state index in [9.17, 15) is 26.4 Å². The van der Waals surface area contributed by atoms with Crippen molar-refractivity contribution < 1.29 is 26.4 Å².